The lowest BCUT2D eigenvalue weighted by atomic mass is 10.2. The van der Waals surface area contributed by atoms with Gasteiger partial charge < -0.3 is 9.64 Å². The average molecular weight is 342 g/mol. The summed E-state index contributed by atoms with van der Waals surface area (Å²) in [5.74, 6) is 0.838. The minimum Gasteiger partial charge on any atom is -0.377 e. The fourth-order valence-electron chi connectivity index (χ4n) is 3.13. The molecule has 1 aromatic heterocycles. The zero-order valence-corrected chi connectivity index (χ0v) is 14.2. The van der Waals surface area contributed by atoms with Crippen molar-refractivity contribution in [3.63, 3.8) is 0 Å². The molecule has 1 unspecified atom stereocenters. The Morgan fingerprint density at radius 3 is 2.82 bits per heavy atom. The van der Waals surface area contributed by atoms with E-state index in [-0.39, 0.29) is 16.1 Å². The summed E-state index contributed by atoms with van der Waals surface area (Å²) in [7, 11) is -0.833. The van der Waals surface area contributed by atoms with Crippen LogP contribution in [0.5, 0.6) is 0 Å². The van der Waals surface area contributed by atoms with Crippen LogP contribution in [-0.2, 0) is 20.3 Å². The first kappa shape index (κ1) is 14.8. The summed E-state index contributed by atoms with van der Waals surface area (Å²) in [6.45, 7) is 4.30. The van der Waals surface area contributed by atoms with E-state index < -0.39 is 10.8 Å². The van der Waals surface area contributed by atoms with Crippen molar-refractivity contribution in [1.29, 1.82) is 0 Å². The molecular weight excluding hydrogens is 322 g/mol. The Bertz CT molecular complexity index is 619. The van der Waals surface area contributed by atoms with E-state index in [1.165, 1.54) is 0 Å². The van der Waals surface area contributed by atoms with Gasteiger partial charge in [0.05, 0.1) is 29.7 Å². The highest BCUT2D eigenvalue weighted by Gasteiger charge is 2.55. The van der Waals surface area contributed by atoms with E-state index in [0.717, 1.165) is 43.7 Å². The third kappa shape index (κ3) is 2.55. The number of hydrogen-bond donors (Lipinski definition) is 0. The Hall–Kier alpha value is -0.720. The zero-order valence-electron chi connectivity index (χ0n) is 12.6. The Labute approximate surface area is 137 Å². The van der Waals surface area contributed by atoms with Gasteiger partial charge >= 0.3 is 0 Å². The van der Waals surface area contributed by atoms with Crippen LogP contribution in [0.1, 0.15) is 38.3 Å². The van der Waals surface area contributed by atoms with Gasteiger partial charge in [-0.25, -0.2) is 9.97 Å². The minimum atomic E-state index is -0.833. The summed E-state index contributed by atoms with van der Waals surface area (Å²) < 4.78 is 17.9. The van der Waals surface area contributed by atoms with Crippen LogP contribution in [0.15, 0.2) is 6.07 Å². The van der Waals surface area contributed by atoms with Gasteiger partial charge in [0.2, 0.25) is 5.28 Å². The highest BCUT2D eigenvalue weighted by molar-refractivity contribution is 7.87. The van der Waals surface area contributed by atoms with Crippen LogP contribution in [0.25, 0.3) is 0 Å². The monoisotopic (exact) mass is 341 g/mol. The van der Waals surface area contributed by atoms with Crippen molar-refractivity contribution >= 4 is 28.2 Å². The van der Waals surface area contributed by atoms with Gasteiger partial charge in [0.1, 0.15) is 5.82 Å². The molecule has 3 fully saturated rings. The minimum absolute atomic E-state index is 0.255. The number of anilines is 1. The number of ether oxygens (including phenoxy) is 1. The van der Waals surface area contributed by atoms with E-state index in [9.17, 15) is 4.21 Å². The number of rotatable bonds is 4. The SMILES string of the molecule is C[C@H]1COCCN1c1cc(C2(S(=O)C3CC3)CC2)nc(Cl)n1. The highest BCUT2D eigenvalue weighted by Crippen LogP contribution is 2.55. The highest BCUT2D eigenvalue weighted by atomic mass is 35.5. The molecule has 0 N–H and O–H groups in total. The van der Waals surface area contributed by atoms with Gasteiger partial charge in [-0.2, -0.15) is 0 Å². The van der Waals surface area contributed by atoms with E-state index in [4.69, 9.17) is 16.3 Å². The maximum Gasteiger partial charge on any atom is 0.224 e. The maximum atomic E-state index is 12.7. The number of aromatic nitrogens is 2. The molecule has 0 aromatic carbocycles. The first-order valence-electron chi connectivity index (χ1n) is 7.90. The molecule has 1 saturated heterocycles. The standard InChI is InChI=1S/C15H20ClN3O2S/c1-10-9-21-7-6-19(10)13-8-12(17-14(16)18-13)15(4-5-15)22(20)11-2-3-11/h8,10-11H,2-7,9H2,1H3/t10-,22?/m0/s1. The molecule has 1 aromatic rings. The zero-order chi connectivity index (χ0) is 15.3. The topological polar surface area (TPSA) is 55.3 Å². The molecule has 4 rings (SSSR count). The van der Waals surface area contributed by atoms with Gasteiger partial charge in [0.15, 0.2) is 0 Å². The summed E-state index contributed by atoms with van der Waals surface area (Å²) in [5, 5.41) is 0.618. The van der Waals surface area contributed by atoms with Crippen molar-refractivity contribution in [3.8, 4) is 0 Å². The van der Waals surface area contributed by atoms with Crippen LogP contribution in [-0.4, -0.2) is 45.2 Å². The van der Waals surface area contributed by atoms with Gasteiger partial charge in [0.25, 0.3) is 0 Å². The predicted molar refractivity (Wildman–Crippen MR) is 86.7 cm³/mol. The third-order valence-electron chi connectivity index (χ3n) is 4.73. The first-order chi connectivity index (χ1) is 10.6. The average Bonchev–Trinajstić information content (AvgIpc) is 3.39. The fourth-order valence-corrected chi connectivity index (χ4v) is 5.32. The Morgan fingerprint density at radius 2 is 2.18 bits per heavy atom. The van der Waals surface area contributed by atoms with E-state index >= 15 is 0 Å². The van der Waals surface area contributed by atoms with Crippen LogP contribution in [0.4, 0.5) is 5.82 Å². The second kappa shape index (κ2) is 5.42. The number of morpholine rings is 1. The first-order valence-corrected chi connectivity index (χ1v) is 9.49. The summed E-state index contributed by atoms with van der Waals surface area (Å²) in [6, 6.07) is 2.26. The quantitative estimate of drug-likeness (QED) is 0.786. The predicted octanol–water partition coefficient (Wildman–Crippen LogP) is 2.26. The molecule has 3 aliphatic rings. The Kier molecular flexibility index (Phi) is 3.66. The fraction of sp³-hybridized carbons (Fsp3) is 0.733. The van der Waals surface area contributed by atoms with Gasteiger partial charge in [0, 0.05) is 28.7 Å². The van der Waals surface area contributed by atoms with Crippen LogP contribution in [0.3, 0.4) is 0 Å². The van der Waals surface area contributed by atoms with Gasteiger partial charge in [-0.05, 0) is 44.2 Å². The van der Waals surface area contributed by atoms with E-state index in [1.54, 1.807) is 0 Å². The Balaban J connectivity index is 1.67. The molecule has 2 saturated carbocycles. The molecule has 2 aliphatic carbocycles. The van der Waals surface area contributed by atoms with Crippen LogP contribution >= 0.6 is 11.6 Å². The van der Waals surface area contributed by atoms with E-state index in [0.29, 0.717) is 18.5 Å². The number of nitrogens with zero attached hydrogens (tertiary/aromatic N) is 3. The normalized spacial score (nSPS) is 28.5. The van der Waals surface area contributed by atoms with Gasteiger partial charge in [-0.3, -0.25) is 4.21 Å². The maximum absolute atomic E-state index is 12.7. The molecular formula is C15H20ClN3O2S. The summed E-state index contributed by atoms with van der Waals surface area (Å²) in [6.07, 6.45) is 4.06. The summed E-state index contributed by atoms with van der Waals surface area (Å²) in [4.78, 5) is 11.0. The van der Waals surface area contributed by atoms with E-state index in [2.05, 4.69) is 21.8 Å². The smallest absolute Gasteiger partial charge is 0.224 e. The molecule has 0 radical (unpaired) electrons. The Morgan fingerprint density at radius 1 is 1.41 bits per heavy atom. The van der Waals surface area contributed by atoms with Gasteiger partial charge in [-0.1, -0.05) is 0 Å². The molecule has 2 atom stereocenters. The van der Waals surface area contributed by atoms with E-state index in [1.807, 2.05) is 6.07 Å². The molecule has 1 aliphatic heterocycles. The van der Waals surface area contributed by atoms with Crippen LogP contribution in [0, 0.1) is 0 Å². The second-order valence-electron chi connectivity index (χ2n) is 6.49. The van der Waals surface area contributed by atoms with Crippen molar-refractivity contribution in [3.05, 3.63) is 17.0 Å². The van der Waals surface area contributed by atoms with Crippen molar-refractivity contribution in [1.82, 2.24) is 9.97 Å². The molecule has 5 nitrogen and oxygen atoms in total. The molecule has 0 bridgehead atoms. The lowest BCUT2D eigenvalue weighted by Crippen LogP contribution is -2.44. The molecule has 0 spiro atoms. The summed E-state index contributed by atoms with van der Waals surface area (Å²) >= 11 is 6.17. The van der Waals surface area contributed by atoms with Crippen LogP contribution < -0.4 is 4.90 Å². The number of halogens is 1. The lowest BCUT2D eigenvalue weighted by Gasteiger charge is -2.34. The number of hydrogen-bond acceptors (Lipinski definition) is 5. The largest absolute Gasteiger partial charge is 0.377 e. The third-order valence-corrected chi connectivity index (χ3v) is 7.36. The van der Waals surface area contributed by atoms with Crippen molar-refractivity contribution in [2.24, 2.45) is 0 Å². The second-order valence-corrected chi connectivity index (χ2v) is 8.87. The lowest BCUT2D eigenvalue weighted by molar-refractivity contribution is 0.0985. The molecule has 120 valence electrons. The molecule has 7 heteroatoms. The molecule has 22 heavy (non-hydrogen) atoms. The molecule has 0 amide bonds. The van der Waals surface area contributed by atoms with Crippen molar-refractivity contribution in [2.45, 2.75) is 48.6 Å². The van der Waals surface area contributed by atoms with Crippen molar-refractivity contribution in [2.75, 3.05) is 24.7 Å². The van der Waals surface area contributed by atoms with Gasteiger partial charge in [-0.15, -0.1) is 0 Å². The summed E-state index contributed by atoms with van der Waals surface area (Å²) in [5.41, 5.74) is 0.867. The molecule has 2 heterocycles. The van der Waals surface area contributed by atoms with Crippen LogP contribution in [0.2, 0.25) is 5.28 Å². The van der Waals surface area contributed by atoms with Crippen molar-refractivity contribution < 1.29 is 8.95 Å².